The van der Waals surface area contributed by atoms with Crippen LogP contribution in [0.3, 0.4) is 0 Å². The number of morpholine rings is 1. The van der Waals surface area contributed by atoms with Crippen molar-refractivity contribution in [3.8, 4) is 17.6 Å². The van der Waals surface area contributed by atoms with Crippen molar-refractivity contribution >= 4 is 0 Å². The van der Waals surface area contributed by atoms with Gasteiger partial charge in [0.2, 0.25) is 0 Å². The Morgan fingerprint density at radius 3 is 3.19 bits per heavy atom. The van der Waals surface area contributed by atoms with Crippen molar-refractivity contribution in [1.82, 2.24) is 4.90 Å². The summed E-state index contributed by atoms with van der Waals surface area (Å²) in [6, 6.07) is 8.22. The first kappa shape index (κ1) is 15.8. The van der Waals surface area contributed by atoms with Crippen LogP contribution in [0, 0.1) is 11.8 Å². The van der Waals surface area contributed by atoms with Gasteiger partial charge in [0.25, 0.3) is 0 Å². The zero-order chi connectivity index (χ0) is 14.9. The van der Waals surface area contributed by atoms with Crippen LogP contribution in [0.25, 0.3) is 0 Å². The molecule has 21 heavy (non-hydrogen) atoms. The maximum atomic E-state index is 8.72. The number of aliphatic hydroxyl groups excluding tert-OH is 1. The normalized spacial score (nSPS) is 18.9. The molecule has 0 aromatic heterocycles. The van der Waals surface area contributed by atoms with E-state index in [0.717, 1.165) is 37.6 Å². The van der Waals surface area contributed by atoms with Gasteiger partial charge >= 0.3 is 0 Å². The van der Waals surface area contributed by atoms with Gasteiger partial charge in [0.05, 0.1) is 19.8 Å². The molecule has 0 amide bonds. The number of ether oxygens (including phenoxy) is 2. The van der Waals surface area contributed by atoms with Gasteiger partial charge in [0.15, 0.2) is 0 Å². The predicted molar refractivity (Wildman–Crippen MR) is 82.4 cm³/mol. The van der Waals surface area contributed by atoms with E-state index in [1.165, 1.54) is 0 Å². The molecule has 1 atom stereocenters. The molecule has 0 spiro atoms. The number of aliphatic hydroxyl groups is 1. The average molecular weight is 289 g/mol. The third-order valence-electron chi connectivity index (χ3n) is 3.46. The van der Waals surface area contributed by atoms with Gasteiger partial charge in [-0.25, -0.2) is 0 Å². The molecule has 0 aliphatic carbocycles. The third kappa shape index (κ3) is 5.39. The van der Waals surface area contributed by atoms with Crippen molar-refractivity contribution in [2.45, 2.75) is 19.4 Å². The zero-order valence-corrected chi connectivity index (χ0v) is 12.5. The number of hydrogen-bond donors (Lipinski definition) is 1. The van der Waals surface area contributed by atoms with Crippen LogP contribution in [-0.2, 0) is 4.74 Å². The Hall–Kier alpha value is -1.54. The van der Waals surface area contributed by atoms with E-state index in [9.17, 15) is 0 Å². The maximum absolute atomic E-state index is 8.72. The highest BCUT2D eigenvalue weighted by Crippen LogP contribution is 2.13. The molecule has 0 bridgehead atoms. The number of hydrogen-bond acceptors (Lipinski definition) is 4. The summed E-state index contributed by atoms with van der Waals surface area (Å²) in [7, 11) is 0. The lowest BCUT2D eigenvalue weighted by atomic mass is 10.2. The fourth-order valence-electron chi connectivity index (χ4n) is 2.26. The molecule has 2 rings (SSSR count). The largest absolute Gasteiger partial charge is 0.492 e. The first-order valence-electron chi connectivity index (χ1n) is 7.44. The molecule has 4 heteroatoms. The molecular weight excluding hydrogens is 266 g/mol. The van der Waals surface area contributed by atoms with Crippen LogP contribution in [0.1, 0.15) is 18.9 Å². The Morgan fingerprint density at radius 2 is 2.38 bits per heavy atom. The second kappa shape index (κ2) is 8.68. The third-order valence-corrected chi connectivity index (χ3v) is 3.46. The van der Waals surface area contributed by atoms with E-state index in [0.29, 0.717) is 19.1 Å². The van der Waals surface area contributed by atoms with Crippen molar-refractivity contribution in [2.24, 2.45) is 0 Å². The molecule has 114 valence electrons. The Balaban J connectivity index is 1.80. The van der Waals surface area contributed by atoms with Crippen LogP contribution < -0.4 is 4.74 Å². The molecule has 1 saturated heterocycles. The number of rotatable bonds is 5. The summed E-state index contributed by atoms with van der Waals surface area (Å²) in [4.78, 5) is 2.38. The molecule has 0 radical (unpaired) electrons. The highest BCUT2D eigenvalue weighted by molar-refractivity contribution is 5.39. The lowest BCUT2D eigenvalue weighted by Crippen LogP contribution is -2.45. The minimum Gasteiger partial charge on any atom is -0.492 e. The highest BCUT2D eigenvalue weighted by atomic mass is 16.5. The lowest BCUT2D eigenvalue weighted by molar-refractivity contribution is -0.00514. The Bertz CT molecular complexity index is 492. The quantitative estimate of drug-likeness (QED) is 0.835. The zero-order valence-electron chi connectivity index (χ0n) is 12.5. The van der Waals surface area contributed by atoms with Crippen LogP contribution in [0.15, 0.2) is 24.3 Å². The van der Waals surface area contributed by atoms with E-state index in [2.05, 4.69) is 23.7 Å². The van der Waals surface area contributed by atoms with Gasteiger partial charge in [0, 0.05) is 31.1 Å². The molecule has 1 aliphatic rings. The topological polar surface area (TPSA) is 41.9 Å². The van der Waals surface area contributed by atoms with Crippen molar-refractivity contribution in [2.75, 3.05) is 39.5 Å². The van der Waals surface area contributed by atoms with Gasteiger partial charge in [-0.3, -0.25) is 4.90 Å². The SMILES string of the molecule is CC1COCCN1CCOc1cccc(C#CCCO)c1. The van der Waals surface area contributed by atoms with E-state index < -0.39 is 0 Å². The Kier molecular flexibility index (Phi) is 6.55. The van der Waals surface area contributed by atoms with E-state index in [1.807, 2.05) is 24.3 Å². The van der Waals surface area contributed by atoms with Crippen molar-refractivity contribution in [3.05, 3.63) is 29.8 Å². The Labute approximate surface area is 126 Å². The number of benzene rings is 1. The summed E-state index contributed by atoms with van der Waals surface area (Å²) in [6.45, 7) is 6.42. The molecule has 1 aromatic carbocycles. The highest BCUT2D eigenvalue weighted by Gasteiger charge is 2.17. The average Bonchev–Trinajstić information content (AvgIpc) is 2.50. The number of nitrogens with zero attached hydrogens (tertiary/aromatic N) is 1. The molecule has 1 N–H and O–H groups in total. The molecule has 4 nitrogen and oxygen atoms in total. The molecule has 1 fully saturated rings. The molecular formula is C17H23NO3. The first-order valence-corrected chi connectivity index (χ1v) is 7.44. The molecule has 1 aromatic rings. The van der Waals surface area contributed by atoms with Crippen LogP contribution in [-0.4, -0.2) is 55.6 Å². The summed E-state index contributed by atoms with van der Waals surface area (Å²) in [6.07, 6.45) is 0.500. The summed E-state index contributed by atoms with van der Waals surface area (Å²) < 4.78 is 11.2. The first-order chi connectivity index (χ1) is 10.3. The van der Waals surface area contributed by atoms with Gasteiger partial charge in [-0.15, -0.1) is 0 Å². The second-order valence-corrected chi connectivity index (χ2v) is 5.11. The van der Waals surface area contributed by atoms with Gasteiger partial charge < -0.3 is 14.6 Å². The minimum atomic E-state index is 0.0981. The molecule has 1 unspecified atom stereocenters. The smallest absolute Gasteiger partial charge is 0.120 e. The molecule has 1 heterocycles. The maximum Gasteiger partial charge on any atom is 0.120 e. The standard InChI is InChI=1S/C17H23NO3/c1-15-14-20-11-8-18(15)9-12-21-17-7-4-6-16(13-17)5-2-3-10-19/h4,6-7,13,15,19H,3,8-12,14H2,1H3. The van der Waals surface area contributed by atoms with Gasteiger partial charge in [-0.2, -0.15) is 0 Å². The van der Waals surface area contributed by atoms with Crippen LogP contribution >= 0.6 is 0 Å². The van der Waals surface area contributed by atoms with Crippen LogP contribution in [0.2, 0.25) is 0 Å². The van der Waals surface area contributed by atoms with Crippen molar-refractivity contribution < 1.29 is 14.6 Å². The summed E-state index contributed by atoms with van der Waals surface area (Å²) in [5.41, 5.74) is 0.917. The van der Waals surface area contributed by atoms with Crippen molar-refractivity contribution in [3.63, 3.8) is 0 Å². The van der Waals surface area contributed by atoms with Crippen LogP contribution in [0.5, 0.6) is 5.75 Å². The molecule has 0 saturated carbocycles. The van der Waals surface area contributed by atoms with Gasteiger partial charge in [-0.1, -0.05) is 17.9 Å². The van der Waals surface area contributed by atoms with E-state index in [-0.39, 0.29) is 6.61 Å². The lowest BCUT2D eigenvalue weighted by Gasteiger charge is -2.32. The summed E-state index contributed by atoms with van der Waals surface area (Å²) >= 11 is 0. The van der Waals surface area contributed by atoms with E-state index >= 15 is 0 Å². The minimum absolute atomic E-state index is 0.0981. The van der Waals surface area contributed by atoms with Gasteiger partial charge in [0.1, 0.15) is 12.4 Å². The summed E-state index contributed by atoms with van der Waals surface area (Å²) in [5, 5.41) is 8.72. The fourth-order valence-corrected chi connectivity index (χ4v) is 2.26. The Morgan fingerprint density at radius 1 is 1.48 bits per heavy atom. The predicted octanol–water partition coefficient (Wildman–Crippen LogP) is 1.52. The van der Waals surface area contributed by atoms with Crippen molar-refractivity contribution in [1.29, 1.82) is 0 Å². The molecule has 1 aliphatic heterocycles. The van der Waals surface area contributed by atoms with Crippen LogP contribution in [0.4, 0.5) is 0 Å². The second-order valence-electron chi connectivity index (χ2n) is 5.11. The van der Waals surface area contributed by atoms with Gasteiger partial charge in [-0.05, 0) is 25.1 Å². The monoisotopic (exact) mass is 289 g/mol. The van der Waals surface area contributed by atoms with E-state index in [4.69, 9.17) is 14.6 Å². The summed E-state index contributed by atoms with van der Waals surface area (Å²) in [5.74, 6) is 6.77. The fraction of sp³-hybridized carbons (Fsp3) is 0.529. The van der Waals surface area contributed by atoms with E-state index in [1.54, 1.807) is 0 Å².